The number of halogens is 2. The molecule has 0 radical (unpaired) electrons. The summed E-state index contributed by atoms with van der Waals surface area (Å²) in [6.07, 6.45) is 2.71. The van der Waals surface area contributed by atoms with Gasteiger partial charge in [0.15, 0.2) is 0 Å². The van der Waals surface area contributed by atoms with E-state index in [9.17, 15) is 0 Å². The molecule has 1 aromatic carbocycles. The summed E-state index contributed by atoms with van der Waals surface area (Å²) < 4.78 is 7.50. The maximum Gasteiger partial charge on any atom is 0.137 e. The summed E-state index contributed by atoms with van der Waals surface area (Å²) in [5.41, 5.74) is 1.18. The fourth-order valence-corrected chi connectivity index (χ4v) is 4.86. The van der Waals surface area contributed by atoms with Gasteiger partial charge in [0.25, 0.3) is 0 Å². The second-order valence-electron chi connectivity index (χ2n) is 4.35. The topological polar surface area (TPSA) is 21.3 Å². The monoisotopic (exact) mass is 393 g/mol. The highest BCUT2D eigenvalue weighted by Gasteiger charge is 2.15. The Labute approximate surface area is 130 Å². The predicted octanol–water partition coefficient (Wildman–Crippen LogP) is 4.21. The van der Waals surface area contributed by atoms with Gasteiger partial charge in [0, 0.05) is 28.4 Å². The van der Waals surface area contributed by atoms with Gasteiger partial charge in [-0.2, -0.15) is 11.8 Å². The smallest absolute Gasteiger partial charge is 0.137 e. The fraction of sp³-hybridized carbons (Fsp3) is 0.538. The minimum Gasteiger partial charge on any atom is -0.495 e. The molecule has 2 rings (SSSR count). The molecule has 1 atom stereocenters. The lowest BCUT2D eigenvalue weighted by atomic mass is 10.2. The van der Waals surface area contributed by atoms with Crippen molar-refractivity contribution in [1.82, 2.24) is 5.32 Å². The Morgan fingerprint density at radius 3 is 2.94 bits per heavy atom. The minimum atomic E-state index is 0.784. The molecule has 1 aliphatic rings. The van der Waals surface area contributed by atoms with Crippen molar-refractivity contribution in [3.63, 3.8) is 0 Å². The molecule has 0 amide bonds. The molecule has 0 bridgehead atoms. The van der Waals surface area contributed by atoms with Crippen molar-refractivity contribution < 1.29 is 4.74 Å². The van der Waals surface area contributed by atoms with Gasteiger partial charge in [-0.05, 0) is 46.7 Å². The number of hydrogen-bond donors (Lipinski definition) is 1. The number of methoxy groups -OCH3 is 1. The molecule has 1 heterocycles. The average Bonchev–Trinajstić information content (AvgIpc) is 2.81. The number of nitrogens with one attached hydrogen (secondary N) is 1. The lowest BCUT2D eigenvalue weighted by molar-refractivity contribution is 0.405. The molecule has 0 spiro atoms. The number of ether oxygens (including phenoxy) is 1. The fourth-order valence-electron chi connectivity index (χ4n) is 2.15. The van der Waals surface area contributed by atoms with Crippen LogP contribution in [0.5, 0.6) is 5.75 Å². The van der Waals surface area contributed by atoms with Crippen LogP contribution in [0.2, 0.25) is 0 Å². The summed E-state index contributed by atoms with van der Waals surface area (Å²) >= 11 is 9.13. The van der Waals surface area contributed by atoms with Gasteiger partial charge in [-0.3, -0.25) is 0 Å². The highest BCUT2D eigenvalue weighted by Crippen LogP contribution is 2.32. The standard InChI is InChI=1S/C13H17Br2NOS/c1-17-13-9(5-10(14)6-12(13)15)7-16-8-11-3-2-4-18-11/h5-6,11,16H,2-4,7-8H2,1H3. The Bertz CT molecular complexity index is 408. The van der Waals surface area contributed by atoms with Gasteiger partial charge in [0.1, 0.15) is 5.75 Å². The molecule has 1 aliphatic heterocycles. The Morgan fingerprint density at radius 2 is 2.28 bits per heavy atom. The highest BCUT2D eigenvalue weighted by atomic mass is 79.9. The molecule has 1 N–H and O–H groups in total. The molecule has 2 nitrogen and oxygen atoms in total. The van der Waals surface area contributed by atoms with Crippen molar-refractivity contribution in [3.05, 3.63) is 26.6 Å². The maximum absolute atomic E-state index is 5.44. The summed E-state index contributed by atoms with van der Waals surface area (Å²) in [7, 11) is 1.71. The van der Waals surface area contributed by atoms with Crippen LogP contribution >= 0.6 is 43.6 Å². The molecular formula is C13H17Br2NOS. The van der Waals surface area contributed by atoms with E-state index >= 15 is 0 Å². The maximum atomic E-state index is 5.44. The second kappa shape index (κ2) is 7.17. The van der Waals surface area contributed by atoms with Gasteiger partial charge < -0.3 is 10.1 Å². The van der Waals surface area contributed by atoms with Crippen LogP contribution in [0.3, 0.4) is 0 Å². The van der Waals surface area contributed by atoms with Crippen LogP contribution in [0.4, 0.5) is 0 Å². The molecule has 100 valence electrons. The van der Waals surface area contributed by atoms with Crippen molar-refractivity contribution in [3.8, 4) is 5.75 Å². The van der Waals surface area contributed by atoms with E-state index in [1.807, 2.05) is 6.07 Å². The first-order chi connectivity index (χ1) is 8.70. The summed E-state index contributed by atoms with van der Waals surface area (Å²) in [6, 6.07) is 4.12. The number of rotatable bonds is 5. The zero-order valence-electron chi connectivity index (χ0n) is 10.3. The van der Waals surface area contributed by atoms with E-state index in [0.29, 0.717) is 0 Å². The van der Waals surface area contributed by atoms with Crippen molar-refractivity contribution in [2.75, 3.05) is 19.4 Å². The van der Waals surface area contributed by atoms with E-state index in [4.69, 9.17) is 4.74 Å². The number of benzene rings is 1. The normalized spacial score (nSPS) is 19.2. The first kappa shape index (κ1) is 14.7. The lowest BCUT2D eigenvalue weighted by Crippen LogP contribution is -2.22. The van der Waals surface area contributed by atoms with Gasteiger partial charge in [-0.1, -0.05) is 15.9 Å². The third kappa shape index (κ3) is 3.89. The third-order valence-electron chi connectivity index (χ3n) is 3.00. The quantitative estimate of drug-likeness (QED) is 0.808. The van der Waals surface area contributed by atoms with Crippen LogP contribution in [0.1, 0.15) is 18.4 Å². The van der Waals surface area contributed by atoms with Crippen molar-refractivity contribution >= 4 is 43.6 Å². The van der Waals surface area contributed by atoms with Crippen LogP contribution in [0.15, 0.2) is 21.1 Å². The van der Waals surface area contributed by atoms with E-state index in [-0.39, 0.29) is 0 Å². The molecule has 1 saturated heterocycles. The van der Waals surface area contributed by atoms with Gasteiger partial charge in [-0.25, -0.2) is 0 Å². The predicted molar refractivity (Wildman–Crippen MR) is 85.6 cm³/mol. The van der Waals surface area contributed by atoms with Gasteiger partial charge in [-0.15, -0.1) is 0 Å². The van der Waals surface area contributed by atoms with E-state index in [1.165, 1.54) is 24.2 Å². The van der Waals surface area contributed by atoms with Crippen molar-refractivity contribution in [1.29, 1.82) is 0 Å². The van der Waals surface area contributed by atoms with Crippen LogP contribution in [-0.4, -0.2) is 24.7 Å². The Morgan fingerprint density at radius 1 is 1.44 bits per heavy atom. The summed E-state index contributed by atoms with van der Waals surface area (Å²) in [5, 5.41) is 4.31. The summed E-state index contributed by atoms with van der Waals surface area (Å²) in [6.45, 7) is 1.93. The summed E-state index contributed by atoms with van der Waals surface area (Å²) in [4.78, 5) is 0. The van der Waals surface area contributed by atoms with E-state index in [1.54, 1.807) is 7.11 Å². The molecule has 1 unspecified atom stereocenters. The number of hydrogen-bond acceptors (Lipinski definition) is 3. The zero-order chi connectivity index (χ0) is 13.0. The van der Waals surface area contributed by atoms with E-state index in [0.717, 1.165) is 33.0 Å². The number of thioether (sulfide) groups is 1. The first-order valence-electron chi connectivity index (χ1n) is 6.05. The van der Waals surface area contributed by atoms with Gasteiger partial charge in [0.05, 0.1) is 11.6 Å². The summed E-state index contributed by atoms with van der Waals surface area (Å²) in [5.74, 6) is 2.24. The van der Waals surface area contributed by atoms with Crippen molar-refractivity contribution in [2.45, 2.75) is 24.6 Å². The molecule has 0 saturated carbocycles. The highest BCUT2D eigenvalue weighted by molar-refractivity contribution is 9.11. The molecule has 1 fully saturated rings. The first-order valence-corrected chi connectivity index (χ1v) is 8.68. The van der Waals surface area contributed by atoms with Crippen LogP contribution in [-0.2, 0) is 6.54 Å². The largest absolute Gasteiger partial charge is 0.495 e. The minimum absolute atomic E-state index is 0.784. The Hall–Kier alpha value is 0.290. The van der Waals surface area contributed by atoms with Gasteiger partial charge in [0.2, 0.25) is 0 Å². The molecule has 18 heavy (non-hydrogen) atoms. The average molecular weight is 395 g/mol. The molecule has 1 aromatic rings. The van der Waals surface area contributed by atoms with E-state index in [2.05, 4.69) is 55.0 Å². The molecule has 5 heteroatoms. The van der Waals surface area contributed by atoms with Crippen LogP contribution in [0, 0.1) is 0 Å². The van der Waals surface area contributed by atoms with Crippen molar-refractivity contribution in [2.24, 2.45) is 0 Å². The Kier molecular flexibility index (Phi) is 5.86. The molecule has 0 aromatic heterocycles. The van der Waals surface area contributed by atoms with E-state index < -0.39 is 0 Å². The van der Waals surface area contributed by atoms with Crippen LogP contribution in [0.25, 0.3) is 0 Å². The SMILES string of the molecule is COc1c(Br)cc(Br)cc1CNCC1CCCS1. The molecule has 0 aliphatic carbocycles. The zero-order valence-corrected chi connectivity index (χ0v) is 14.3. The second-order valence-corrected chi connectivity index (χ2v) is 7.52. The lowest BCUT2D eigenvalue weighted by Gasteiger charge is -2.14. The Balaban J connectivity index is 1.95. The van der Waals surface area contributed by atoms with Gasteiger partial charge >= 0.3 is 0 Å². The molecular weight excluding hydrogens is 378 g/mol. The third-order valence-corrected chi connectivity index (χ3v) is 5.45. The van der Waals surface area contributed by atoms with Crippen LogP contribution < -0.4 is 10.1 Å².